The van der Waals surface area contributed by atoms with Crippen molar-refractivity contribution >= 4 is 22.3 Å². The molecule has 0 aliphatic rings. The lowest BCUT2D eigenvalue weighted by Crippen LogP contribution is -1.99. The minimum absolute atomic E-state index is 0.100. The topological polar surface area (TPSA) is 78.4 Å². The van der Waals surface area contributed by atoms with Crippen LogP contribution in [0.25, 0.3) is 16.2 Å². The monoisotopic (exact) mass is 297 g/mol. The van der Waals surface area contributed by atoms with E-state index >= 15 is 0 Å². The second kappa shape index (κ2) is 5.38. The Morgan fingerprint density at radius 1 is 1.48 bits per heavy atom. The summed E-state index contributed by atoms with van der Waals surface area (Å²) in [7, 11) is 0. The highest BCUT2D eigenvalue weighted by Crippen LogP contribution is 2.24. The number of hydrogen-bond donors (Lipinski definition) is 1. The smallest absolute Gasteiger partial charge is 0.303 e. The van der Waals surface area contributed by atoms with Crippen molar-refractivity contribution in [1.29, 1.82) is 5.26 Å². The number of imidazole rings is 1. The summed E-state index contributed by atoms with van der Waals surface area (Å²) in [5.74, 6) is -0.809. The van der Waals surface area contributed by atoms with Crippen molar-refractivity contribution in [2.24, 2.45) is 0 Å². The number of nitrogens with zero attached hydrogens (tertiary/aromatic N) is 3. The average molecular weight is 297 g/mol. The van der Waals surface area contributed by atoms with Crippen LogP contribution in [0.2, 0.25) is 0 Å². The van der Waals surface area contributed by atoms with Crippen molar-refractivity contribution in [2.75, 3.05) is 0 Å². The molecule has 0 spiro atoms. The van der Waals surface area contributed by atoms with Crippen LogP contribution in [0.5, 0.6) is 0 Å². The molecule has 1 N–H and O–H groups in total. The van der Waals surface area contributed by atoms with Gasteiger partial charge in [0.05, 0.1) is 23.7 Å². The van der Waals surface area contributed by atoms with Crippen LogP contribution in [0.3, 0.4) is 0 Å². The fourth-order valence-electron chi connectivity index (χ4n) is 2.13. The van der Waals surface area contributed by atoms with Crippen molar-refractivity contribution in [3.05, 3.63) is 47.1 Å². The molecule has 0 aliphatic carbocycles. The van der Waals surface area contributed by atoms with Gasteiger partial charge >= 0.3 is 5.97 Å². The van der Waals surface area contributed by atoms with Crippen LogP contribution in [-0.2, 0) is 11.2 Å². The number of aliphatic carboxylic acids is 1. The fraction of sp³-hybridized carbons (Fsp3) is 0.133. The largest absolute Gasteiger partial charge is 0.481 e. The van der Waals surface area contributed by atoms with Crippen LogP contribution in [0, 0.1) is 11.3 Å². The number of carboxylic acids is 1. The lowest BCUT2D eigenvalue weighted by atomic mass is 10.1. The maximum absolute atomic E-state index is 10.7. The molecule has 0 radical (unpaired) electrons. The zero-order valence-electron chi connectivity index (χ0n) is 11.0. The van der Waals surface area contributed by atoms with Gasteiger partial charge in [0.25, 0.3) is 0 Å². The molecule has 0 fully saturated rings. The van der Waals surface area contributed by atoms with E-state index in [4.69, 9.17) is 10.4 Å². The molecule has 104 valence electrons. The lowest BCUT2D eigenvalue weighted by molar-refractivity contribution is -0.136. The van der Waals surface area contributed by atoms with Gasteiger partial charge in [-0.3, -0.25) is 9.20 Å². The molecule has 3 rings (SSSR count). The van der Waals surface area contributed by atoms with Crippen molar-refractivity contribution < 1.29 is 9.90 Å². The van der Waals surface area contributed by atoms with Crippen molar-refractivity contribution in [2.45, 2.75) is 12.8 Å². The molecule has 0 saturated heterocycles. The van der Waals surface area contributed by atoms with Crippen LogP contribution in [0.4, 0.5) is 0 Å². The van der Waals surface area contributed by atoms with E-state index < -0.39 is 5.97 Å². The number of aromatic nitrogens is 2. The van der Waals surface area contributed by atoms with E-state index in [0.29, 0.717) is 12.0 Å². The predicted molar refractivity (Wildman–Crippen MR) is 79.2 cm³/mol. The molecule has 2 aromatic heterocycles. The number of benzene rings is 1. The first-order valence-corrected chi connectivity index (χ1v) is 7.23. The second-order valence-corrected chi connectivity index (χ2v) is 5.43. The normalized spacial score (nSPS) is 10.6. The van der Waals surface area contributed by atoms with Gasteiger partial charge in [-0.05, 0) is 18.6 Å². The van der Waals surface area contributed by atoms with Crippen LogP contribution in [0.1, 0.15) is 17.7 Å². The summed E-state index contributed by atoms with van der Waals surface area (Å²) in [6, 6.07) is 9.39. The molecule has 1 aromatic carbocycles. The molecule has 6 heteroatoms. The highest BCUT2D eigenvalue weighted by atomic mass is 32.1. The van der Waals surface area contributed by atoms with Crippen molar-refractivity contribution in [3.63, 3.8) is 0 Å². The molecule has 0 bridgehead atoms. The van der Waals surface area contributed by atoms with E-state index in [9.17, 15) is 4.79 Å². The summed E-state index contributed by atoms with van der Waals surface area (Å²) in [5, 5.41) is 19.7. The Bertz CT molecular complexity index is 857. The van der Waals surface area contributed by atoms with Gasteiger partial charge in [0.2, 0.25) is 0 Å². The molecular formula is C15H11N3O2S. The highest BCUT2D eigenvalue weighted by Gasteiger charge is 2.11. The van der Waals surface area contributed by atoms with Crippen molar-refractivity contribution in [1.82, 2.24) is 9.38 Å². The summed E-state index contributed by atoms with van der Waals surface area (Å²) in [6.45, 7) is 0. The Morgan fingerprint density at radius 3 is 3.10 bits per heavy atom. The first-order chi connectivity index (χ1) is 10.2. The maximum Gasteiger partial charge on any atom is 0.303 e. The third-order valence-corrected chi connectivity index (χ3v) is 4.05. The summed E-state index contributed by atoms with van der Waals surface area (Å²) in [6.07, 6.45) is 2.46. The Balaban J connectivity index is 1.97. The summed E-state index contributed by atoms with van der Waals surface area (Å²) >= 11 is 1.48. The molecule has 0 unspecified atom stereocenters. The molecule has 21 heavy (non-hydrogen) atoms. The number of carbonyl (C=O) groups is 1. The number of rotatable bonds is 4. The van der Waals surface area contributed by atoms with Crippen LogP contribution < -0.4 is 0 Å². The van der Waals surface area contributed by atoms with E-state index in [1.54, 1.807) is 12.1 Å². The van der Waals surface area contributed by atoms with Gasteiger partial charge in [-0.15, -0.1) is 11.3 Å². The fourth-order valence-corrected chi connectivity index (χ4v) is 3.04. The van der Waals surface area contributed by atoms with E-state index in [0.717, 1.165) is 21.9 Å². The Morgan fingerprint density at radius 2 is 2.33 bits per heavy atom. The van der Waals surface area contributed by atoms with Gasteiger partial charge in [-0.2, -0.15) is 5.26 Å². The summed E-state index contributed by atoms with van der Waals surface area (Å²) in [4.78, 5) is 16.0. The molecule has 0 aliphatic heterocycles. The standard InChI is InChI=1S/C15H11N3O2S/c16-7-10-2-1-3-11(6-10)13-8-18-12(4-5-14(19)20)9-21-15(18)17-13/h1-3,6,8-9H,4-5H2,(H,19,20). The average Bonchev–Trinajstić information content (AvgIpc) is 3.05. The highest BCUT2D eigenvalue weighted by molar-refractivity contribution is 7.15. The second-order valence-electron chi connectivity index (χ2n) is 4.59. The van der Waals surface area contributed by atoms with Gasteiger partial charge < -0.3 is 5.11 Å². The molecule has 5 nitrogen and oxygen atoms in total. The number of thiazole rings is 1. The van der Waals surface area contributed by atoms with E-state index in [1.165, 1.54) is 11.3 Å². The third kappa shape index (κ3) is 2.64. The first-order valence-electron chi connectivity index (χ1n) is 6.35. The molecule has 0 atom stereocenters. The number of aryl methyl sites for hydroxylation is 1. The third-order valence-electron chi connectivity index (χ3n) is 3.17. The van der Waals surface area contributed by atoms with Gasteiger partial charge in [0.1, 0.15) is 0 Å². The first kappa shape index (κ1) is 13.3. The zero-order valence-corrected chi connectivity index (χ0v) is 11.8. The number of hydrogen-bond acceptors (Lipinski definition) is 4. The SMILES string of the molecule is N#Cc1cccc(-c2cn3c(CCC(=O)O)csc3n2)c1. The minimum Gasteiger partial charge on any atom is -0.481 e. The molecule has 2 heterocycles. The Labute approximate surface area is 124 Å². The molecule has 0 saturated carbocycles. The lowest BCUT2D eigenvalue weighted by Gasteiger charge is -1.97. The van der Waals surface area contributed by atoms with Gasteiger partial charge in [-0.25, -0.2) is 4.98 Å². The van der Waals surface area contributed by atoms with Crippen LogP contribution in [-0.4, -0.2) is 20.5 Å². The van der Waals surface area contributed by atoms with Crippen LogP contribution in [0.15, 0.2) is 35.8 Å². The van der Waals surface area contributed by atoms with Gasteiger partial charge in [0.15, 0.2) is 4.96 Å². The maximum atomic E-state index is 10.7. The van der Waals surface area contributed by atoms with E-state index in [-0.39, 0.29) is 6.42 Å². The van der Waals surface area contributed by atoms with Gasteiger partial charge in [0, 0.05) is 22.8 Å². The van der Waals surface area contributed by atoms with E-state index in [1.807, 2.05) is 28.1 Å². The van der Waals surface area contributed by atoms with E-state index in [2.05, 4.69) is 11.1 Å². The number of nitriles is 1. The minimum atomic E-state index is -0.809. The predicted octanol–water partition coefficient (Wildman–Crippen LogP) is 2.95. The Kier molecular flexibility index (Phi) is 3.42. The number of carboxylic acid groups (broad SMARTS) is 1. The quantitative estimate of drug-likeness (QED) is 0.803. The summed E-state index contributed by atoms with van der Waals surface area (Å²) in [5.41, 5.74) is 3.20. The molecular weight excluding hydrogens is 286 g/mol. The zero-order chi connectivity index (χ0) is 14.8. The number of fused-ring (bicyclic) bond motifs is 1. The van der Waals surface area contributed by atoms with Gasteiger partial charge in [-0.1, -0.05) is 12.1 Å². The molecule has 0 amide bonds. The van der Waals surface area contributed by atoms with Crippen molar-refractivity contribution in [3.8, 4) is 17.3 Å². The van der Waals surface area contributed by atoms with Crippen LogP contribution >= 0.6 is 11.3 Å². The Hall–Kier alpha value is -2.65. The molecule has 3 aromatic rings. The summed E-state index contributed by atoms with van der Waals surface area (Å²) < 4.78 is 1.92.